The van der Waals surface area contributed by atoms with Crippen LogP contribution in [0, 0.1) is 5.92 Å². The van der Waals surface area contributed by atoms with Crippen LogP contribution in [0.15, 0.2) is 10.6 Å². The summed E-state index contributed by atoms with van der Waals surface area (Å²) in [6.07, 6.45) is 5.54. The van der Waals surface area contributed by atoms with Crippen molar-refractivity contribution in [3.8, 4) is 0 Å². The smallest absolute Gasteiger partial charge is 0.289 e. The van der Waals surface area contributed by atoms with Crippen molar-refractivity contribution in [3.05, 3.63) is 17.5 Å². The van der Waals surface area contributed by atoms with E-state index in [1.807, 2.05) is 0 Å². The second kappa shape index (κ2) is 8.17. The van der Waals surface area contributed by atoms with Gasteiger partial charge in [-0.05, 0) is 51.1 Å². The molecule has 0 radical (unpaired) electrons. The molecular weight excluding hydrogens is 266 g/mol. The fourth-order valence-corrected chi connectivity index (χ4v) is 2.94. The maximum Gasteiger partial charge on any atom is 0.289 e. The molecule has 0 aliphatic carbocycles. The molecule has 2 heterocycles. The molecule has 1 amide bonds. The summed E-state index contributed by atoms with van der Waals surface area (Å²) in [5.74, 6) is 1.24. The van der Waals surface area contributed by atoms with Crippen molar-refractivity contribution in [2.45, 2.75) is 51.9 Å². The Bertz CT molecular complexity index is 434. The standard InChI is InChI=1S/C16H27N3O2/c1-3-13(4-2)14-10-15(21-19-14)16(20)18-9-7-12-6-5-8-17-11-12/h10,12-13,17H,3-9,11H2,1-2H3,(H,18,20). The van der Waals surface area contributed by atoms with Crippen LogP contribution >= 0.6 is 0 Å². The number of rotatable bonds is 7. The first kappa shape index (κ1) is 16.0. The Labute approximate surface area is 126 Å². The predicted molar refractivity (Wildman–Crippen MR) is 82.4 cm³/mol. The van der Waals surface area contributed by atoms with Crippen molar-refractivity contribution in [2.24, 2.45) is 5.92 Å². The number of piperidine rings is 1. The van der Waals surface area contributed by atoms with Crippen molar-refractivity contribution < 1.29 is 9.32 Å². The van der Waals surface area contributed by atoms with E-state index in [9.17, 15) is 4.79 Å². The summed E-state index contributed by atoms with van der Waals surface area (Å²) in [7, 11) is 0. The molecule has 1 aliphatic rings. The molecule has 1 fully saturated rings. The van der Waals surface area contributed by atoms with Gasteiger partial charge in [0, 0.05) is 18.5 Å². The molecule has 0 spiro atoms. The van der Waals surface area contributed by atoms with Crippen LogP contribution in [0.1, 0.15) is 68.1 Å². The van der Waals surface area contributed by atoms with Crippen molar-refractivity contribution in [1.82, 2.24) is 15.8 Å². The molecule has 1 aromatic rings. The SMILES string of the molecule is CCC(CC)c1cc(C(=O)NCCC2CCCNC2)on1. The number of nitrogens with one attached hydrogen (secondary N) is 2. The van der Waals surface area contributed by atoms with Crippen LogP contribution in [0.2, 0.25) is 0 Å². The Morgan fingerprint density at radius 3 is 3.00 bits per heavy atom. The molecule has 21 heavy (non-hydrogen) atoms. The minimum absolute atomic E-state index is 0.150. The third-order valence-electron chi connectivity index (χ3n) is 4.39. The third kappa shape index (κ3) is 4.56. The zero-order chi connectivity index (χ0) is 15.1. The van der Waals surface area contributed by atoms with Crippen LogP contribution in [-0.2, 0) is 0 Å². The normalized spacial score (nSPS) is 18.9. The first-order chi connectivity index (χ1) is 10.2. The van der Waals surface area contributed by atoms with Crippen LogP contribution in [0.3, 0.4) is 0 Å². The molecule has 0 saturated carbocycles. The van der Waals surface area contributed by atoms with Gasteiger partial charge in [0.15, 0.2) is 0 Å². The number of aromatic nitrogens is 1. The lowest BCUT2D eigenvalue weighted by Gasteiger charge is -2.22. The highest BCUT2D eigenvalue weighted by molar-refractivity contribution is 5.91. The predicted octanol–water partition coefficient (Wildman–Crippen LogP) is 2.70. The van der Waals surface area contributed by atoms with Gasteiger partial charge >= 0.3 is 0 Å². The van der Waals surface area contributed by atoms with Gasteiger partial charge in [-0.25, -0.2) is 0 Å². The molecule has 5 heteroatoms. The van der Waals surface area contributed by atoms with Crippen molar-refractivity contribution in [1.29, 1.82) is 0 Å². The van der Waals surface area contributed by atoms with Gasteiger partial charge in [-0.2, -0.15) is 0 Å². The minimum atomic E-state index is -0.150. The van der Waals surface area contributed by atoms with E-state index >= 15 is 0 Å². The highest BCUT2D eigenvalue weighted by Gasteiger charge is 2.18. The van der Waals surface area contributed by atoms with Gasteiger partial charge in [0.25, 0.3) is 5.91 Å². The zero-order valence-corrected chi connectivity index (χ0v) is 13.2. The lowest BCUT2D eigenvalue weighted by Crippen LogP contribution is -2.33. The number of amides is 1. The molecule has 1 saturated heterocycles. The molecule has 5 nitrogen and oxygen atoms in total. The van der Waals surface area contributed by atoms with Crippen LogP contribution < -0.4 is 10.6 Å². The van der Waals surface area contributed by atoms with Gasteiger partial charge in [0.05, 0.1) is 5.69 Å². The van der Waals surface area contributed by atoms with E-state index in [0.717, 1.165) is 38.0 Å². The number of hydrogen-bond acceptors (Lipinski definition) is 4. The highest BCUT2D eigenvalue weighted by atomic mass is 16.5. The molecular formula is C16H27N3O2. The summed E-state index contributed by atoms with van der Waals surface area (Å²) >= 11 is 0. The maximum absolute atomic E-state index is 12.0. The molecule has 118 valence electrons. The lowest BCUT2D eigenvalue weighted by atomic mass is 9.96. The molecule has 1 aromatic heterocycles. The van der Waals surface area contributed by atoms with Gasteiger partial charge in [-0.3, -0.25) is 4.79 Å². The number of carbonyl (C=O) groups excluding carboxylic acids is 1. The monoisotopic (exact) mass is 293 g/mol. The van der Waals surface area contributed by atoms with Gasteiger partial charge in [0.2, 0.25) is 5.76 Å². The first-order valence-electron chi connectivity index (χ1n) is 8.20. The average molecular weight is 293 g/mol. The minimum Gasteiger partial charge on any atom is -0.351 e. The number of hydrogen-bond donors (Lipinski definition) is 2. The molecule has 0 bridgehead atoms. The Morgan fingerprint density at radius 1 is 1.52 bits per heavy atom. The number of nitrogens with zero attached hydrogens (tertiary/aromatic N) is 1. The molecule has 0 aromatic carbocycles. The Kier molecular flexibility index (Phi) is 6.23. The van der Waals surface area contributed by atoms with E-state index < -0.39 is 0 Å². The zero-order valence-electron chi connectivity index (χ0n) is 13.2. The van der Waals surface area contributed by atoms with Gasteiger partial charge < -0.3 is 15.2 Å². The fourth-order valence-electron chi connectivity index (χ4n) is 2.94. The van der Waals surface area contributed by atoms with E-state index in [4.69, 9.17) is 4.52 Å². The first-order valence-corrected chi connectivity index (χ1v) is 8.20. The second-order valence-corrected chi connectivity index (χ2v) is 5.89. The Morgan fingerprint density at radius 2 is 2.33 bits per heavy atom. The molecule has 2 N–H and O–H groups in total. The summed E-state index contributed by atoms with van der Waals surface area (Å²) in [4.78, 5) is 12.0. The van der Waals surface area contributed by atoms with Crippen LogP contribution in [0.25, 0.3) is 0 Å². The third-order valence-corrected chi connectivity index (χ3v) is 4.39. The summed E-state index contributed by atoms with van der Waals surface area (Å²) in [5.41, 5.74) is 0.890. The average Bonchev–Trinajstić information content (AvgIpc) is 2.99. The number of carbonyl (C=O) groups is 1. The Hall–Kier alpha value is -1.36. The topological polar surface area (TPSA) is 67.2 Å². The van der Waals surface area contributed by atoms with Gasteiger partial charge in [0.1, 0.15) is 0 Å². The van der Waals surface area contributed by atoms with E-state index in [0.29, 0.717) is 24.1 Å². The maximum atomic E-state index is 12.0. The highest BCUT2D eigenvalue weighted by Crippen LogP contribution is 2.22. The van der Waals surface area contributed by atoms with Crippen molar-refractivity contribution in [2.75, 3.05) is 19.6 Å². The van der Waals surface area contributed by atoms with Crippen LogP contribution in [-0.4, -0.2) is 30.7 Å². The van der Waals surface area contributed by atoms with E-state index in [2.05, 4.69) is 29.6 Å². The van der Waals surface area contributed by atoms with Gasteiger partial charge in [-0.1, -0.05) is 19.0 Å². The van der Waals surface area contributed by atoms with E-state index in [1.54, 1.807) is 6.07 Å². The Balaban J connectivity index is 1.77. The summed E-state index contributed by atoms with van der Waals surface area (Å²) in [6.45, 7) is 7.14. The second-order valence-electron chi connectivity index (χ2n) is 5.89. The quantitative estimate of drug-likeness (QED) is 0.811. The molecule has 1 unspecified atom stereocenters. The van der Waals surface area contributed by atoms with Gasteiger partial charge in [-0.15, -0.1) is 0 Å². The van der Waals surface area contributed by atoms with Crippen molar-refractivity contribution >= 4 is 5.91 Å². The fraction of sp³-hybridized carbons (Fsp3) is 0.750. The summed E-state index contributed by atoms with van der Waals surface area (Å²) in [5, 5.41) is 10.4. The van der Waals surface area contributed by atoms with E-state index in [-0.39, 0.29) is 5.91 Å². The molecule has 1 aliphatic heterocycles. The van der Waals surface area contributed by atoms with Crippen LogP contribution in [0.5, 0.6) is 0 Å². The molecule has 1 atom stereocenters. The molecule has 2 rings (SSSR count). The lowest BCUT2D eigenvalue weighted by molar-refractivity contribution is 0.0913. The largest absolute Gasteiger partial charge is 0.351 e. The van der Waals surface area contributed by atoms with Crippen molar-refractivity contribution in [3.63, 3.8) is 0 Å². The summed E-state index contributed by atoms with van der Waals surface area (Å²) in [6, 6.07) is 1.79. The van der Waals surface area contributed by atoms with E-state index in [1.165, 1.54) is 12.8 Å². The van der Waals surface area contributed by atoms with Crippen LogP contribution in [0.4, 0.5) is 0 Å². The summed E-state index contributed by atoms with van der Waals surface area (Å²) < 4.78 is 5.18.